The fourth-order valence-electron chi connectivity index (χ4n) is 13.1. The molecule has 0 saturated heterocycles. The maximum Gasteiger partial charge on any atom is 0.306 e. The number of carboxylic acids is 1. The fraction of sp³-hybridized carbons (Fsp3) is 0.895. The van der Waals surface area contributed by atoms with Crippen LogP contribution in [0.5, 0.6) is 0 Å². The molecule has 0 aromatic carbocycles. The maximum absolute atomic E-state index is 16.1. The second-order valence-corrected chi connectivity index (χ2v) is 18.4. The SMILES string of the molecule is C=C(C)[C@@H]1CC[C@]2([C@H](F)/N=N/CO)CC[C@]3(C)[C@H](CC[C@@H]4[C@@]5(C)CC[C@H](OC(=O)CC(C)(C)CC(=O)O)C(C)(C)[C@@H]5CC[C@]43C)[C@@H]12. The van der Waals surface area contributed by atoms with Crippen LogP contribution in [0.1, 0.15) is 132 Å². The van der Waals surface area contributed by atoms with E-state index in [1.807, 2.05) is 13.8 Å². The van der Waals surface area contributed by atoms with Crippen LogP contribution >= 0.6 is 0 Å². The molecule has 8 heteroatoms. The van der Waals surface area contributed by atoms with Crippen molar-refractivity contribution in [2.75, 3.05) is 6.73 Å². The lowest BCUT2D eigenvalue weighted by atomic mass is 9.32. The summed E-state index contributed by atoms with van der Waals surface area (Å²) in [5, 5.41) is 26.3. The van der Waals surface area contributed by atoms with Gasteiger partial charge in [-0.2, -0.15) is 10.2 Å². The molecule has 0 heterocycles. The number of alkyl halides is 1. The van der Waals surface area contributed by atoms with Crippen molar-refractivity contribution in [2.45, 2.75) is 145 Å². The number of allylic oxidation sites excluding steroid dienone is 1. The number of azo groups is 1. The number of aliphatic hydroxyl groups is 1. The Kier molecular flexibility index (Phi) is 9.21. The number of aliphatic carboxylic acids is 1. The van der Waals surface area contributed by atoms with E-state index in [0.717, 1.165) is 69.8 Å². The van der Waals surface area contributed by atoms with Crippen molar-refractivity contribution in [3.05, 3.63) is 12.2 Å². The Morgan fingerprint density at radius 2 is 1.63 bits per heavy atom. The highest BCUT2D eigenvalue weighted by atomic mass is 19.1. The number of ether oxygens (including phenoxy) is 1. The number of hydrogen-bond acceptors (Lipinski definition) is 6. The van der Waals surface area contributed by atoms with Gasteiger partial charge in [0, 0.05) is 10.8 Å². The van der Waals surface area contributed by atoms with Crippen LogP contribution in [0.4, 0.5) is 4.39 Å². The molecule has 0 aromatic heterocycles. The Bertz CT molecular complexity index is 1250. The van der Waals surface area contributed by atoms with Crippen LogP contribution < -0.4 is 0 Å². The van der Waals surface area contributed by atoms with Gasteiger partial charge in [0.05, 0.1) is 12.8 Å². The van der Waals surface area contributed by atoms with Crippen LogP contribution in [-0.2, 0) is 14.3 Å². The summed E-state index contributed by atoms with van der Waals surface area (Å²) in [5.74, 6) is 0.583. The highest BCUT2D eigenvalue weighted by Gasteiger charge is 2.72. The van der Waals surface area contributed by atoms with Crippen LogP contribution in [0.25, 0.3) is 0 Å². The van der Waals surface area contributed by atoms with E-state index < -0.39 is 29.8 Å². The summed E-state index contributed by atoms with van der Waals surface area (Å²) in [6, 6.07) is 0. The molecule has 260 valence electrons. The first-order chi connectivity index (χ1) is 21.3. The predicted molar refractivity (Wildman–Crippen MR) is 176 cm³/mol. The van der Waals surface area contributed by atoms with Crippen molar-refractivity contribution in [3.63, 3.8) is 0 Å². The Hall–Kier alpha value is -1.83. The minimum Gasteiger partial charge on any atom is -0.481 e. The number of carbonyl (C=O) groups is 2. The molecule has 5 saturated carbocycles. The molecule has 5 rings (SSSR count). The van der Waals surface area contributed by atoms with E-state index in [1.165, 1.54) is 0 Å². The Morgan fingerprint density at radius 3 is 2.26 bits per heavy atom. The van der Waals surface area contributed by atoms with Crippen LogP contribution in [0.3, 0.4) is 0 Å². The highest BCUT2D eigenvalue weighted by Crippen LogP contribution is 2.78. The Labute approximate surface area is 276 Å². The Morgan fingerprint density at radius 1 is 0.935 bits per heavy atom. The second kappa shape index (κ2) is 11.9. The van der Waals surface area contributed by atoms with Crippen LogP contribution in [0.15, 0.2) is 22.4 Å². The van der Waals surface area contributed by atoms with Gasteiger partial charge in [-0.15, -0.1) is 0 Å². The molecule has 5 aliphatic rings. The molecule has 7 nitrogen and oxygen atoms in total. The first-order valence-electron chi connectivity index (χ1n) is 18.0. The number of esters is 1. The van der Waals surface area contributed by atoms with Crippen LogP contribution in [0, 0.1) is 62.1 Å². The molecule has 5 fully saturated rings. The number of aliphatic hydroxyl groups excluding tert-OH is 1. The van der Waals surface area contributed by atoms with Crippen molar-refractivity contribution in [2.24, 2.45) is 72.3 Å². The number of carboxylic acid groups (broad SMARTS) is 1. The molecule has 2 N–H and O–H groups in total. The largest absolute Gasteiger partial charge is 0.481 e. The van der Waals surface area contributed by atoms with Crippen molar-refractivity contribution in [1.29, 1.82) is 0 Å². The zero-order valence-electron chi connectivity index (χ0n) is 29.8. The summed E-state index contributed by atoms with van der Waals surface area (Å²) in [4.78, 5) is 24.5. The van der Waals surface area contributed by atoms with Crippen molar-refractivity contribution < 1.29 is 28.9 Å². The van der Waals surface area contributed by atoms with Crippen LogP contribution in [0.2, 0.25) is 0 Å². The average Bonchev–Trinajstić information content (AvgIpc) is 3.34. The summed E-state index contributed by atoms with van der Waals surface area (Å²) in [5.41, 5.74) is 0.0377. The van der Waals surface area contributed by atoms with Crippen LogP contribution in [-0.4, -0.2) is 41.3 Å². The number of nitrogens with zero attached hydrogens (tertiary/aromatic N) is 2. The smallest absolute Gasteiger partial charge is 0.306 e. The van der Waals surface area contributed by atoms with E-state index in [0.29, 0.717) is 17.8 Å². The topological polar surface area (TPSA) is 109 Å². The highest BCUT2D eigenvalue weighted by molar-refractivity contribution is 5.73. The lowest BCUT2D eigenvalue weighted by Gasteiger charge is -2.73. The molecule has 0 bridgehead atoms. The van der Waals surface area contributed by atoms with E-state index in [9.17, 15) is 19.8 Å². The number of fused-ring (bicyclic) bond motifs is 7. The van der Waals surface area contributed by atoms with Crippen molar-refractivity contribution in [1.82, 2.24) is 0 Å². The molecule has 46 heavy (non-hydrogen) atoms. The van der Waals surface area contributed by atoms with E-state index >= 15 is 4.39 Å². The van der Waals surface area contributed by atoms with E-state index in [2.05, 4.69) is 58.3 Å². The first-order valence-corrected chi connectivity index (χ1v) is 18.0. The molecule has 5 aliphatic carbocycles. The van der Waals surface area contributed by atoms with Gasteiger partial charge >= 0.3 is 11.9 Å². The van der Waals surface area contributed by atoms with Gasteiger partial charge in [0.15, 0.2) is 6.73 Å². The van der Waals surface area contributed by atoms with Gasteiger partial charge in [-0.25, -0.2) is 4.39 Å². The van der Waals surface area contributed by atoms with Gasteiger partial charge < -0.3 is 14.9 Å². The second-order valence-electron chi connectivity index (χ2n) is 18.4. The quantitative estimate of drug-likeness (QED) is 0.113. The molecular formula is C38H61FN2O5. The summed E-state index contributed by atoms with van der Waals surface area (Å²) in [6.45, 7) is 21.9. The molecule has 0 aromatic rings. The molecule has 0 spiro atoms. The summed E-state index contributed by atoms with van der Waals surface area (Å²) in [7, 11) is 0. The number of carbonyl (C=O) groups excluding carboxylic acids is 1. The number of halogens is 1. The lowest BCUT2D eigenvalue weighted by molar-refractivity contribution is -0.253. The number of rotatable bonds is 9. The number of hydrogen-bond donors (Lipinski definition) is 2. The molecule has 11 atom stereocenters. The minimum atomic E-state index is -1.40. The summed E-state index contributed by atoms with van der Waals surface area (Å²) >= 11 is 0. The van der Waals surface area contributed by atoms with Gasteiger partial charge in [-0.3, -0.25) is 9.59 Å². The normalized spacial score (nSPS) is 44.0. The van der Waals surface area contributed by atoms with Crippen molar-refractivity contribution in [3.8, 4) is 0 Å². The van der Waals surface area contributed by atoms with Gasteiger partial charge in [0.1, 0.15) is 6.10 Å². The summed E-state index contributed by atoms with van der Waals surface area (Å²) < 4.78 is 22.4. The van der Waals surface area contributed by atoms with Gasteiger partial charge in [-0.1, -0.05) is 60.6 Å². The zero-order valence-corrected chi connectivity index (χ0v) is 29.8. The predicted octanol–water partition coefficient (Wildman–Crippen LogP) is 9.14. The van der Waals surface area contributed by atoms with E-state index in [-0.39, 0.29) is 58.4 Å². The zero-order chi connectivity index (χ0) is 34.1. The van der Waals surface area contributed by atoms with Crippen molar-refractivity contribution >= 4 is 11.9 Å². The Balaban J connectivity index is 1.41. The third-order valence-electron chi connectivity index (χ3n) is 15.3. The molecule has 0 amide bonds. The van der Waals surface area contributed by atoms with Gasteiger partial charge in [0.25, 0.3) is 0 Å². The standard InChI is InChI=1S/C38H61FN2O5/c1-23(2)24-12-17-38(32(39)41-40-22-42)19-18-36(8)25(31(24)38)10-11-27-35(7)15-14-28(34(5,6)26(35)13-16-37(27,36)9)46-30(45)21-33(3,4)20-29(43)44/h24-28,31-32,42H,1,10-22H2,2-9H3,(H,43,44)/b41-40+/t24-,25+,26-,27+,28-,31+,32+,35-,36+,37+,38-/m0/s1. The molecular weight excluding hydrogens is 583 g/mol. The molecule has 0 radical (unpaired) electrons. The lowest BCUT2D eigenvalue weighted by Crippen LogP contribution is -2.67. The molecule has 0 aliphatic heterocycles. The van der Waals surface area contributed by atoms with E-state index in [1.54, 1.807) is 0 Å². The van der Waals surface area contributed by atoms with E-state index in [4.69, 9.17) is 4.74 Å². The van der Waals surface area contributed by atoms with Gasteiger partial charge in [-0.05, 0) is 122 Å². The van der Waals surface area contributed by atoms with Gasteiger partial charge in [0.2, 0.25) is 6.30 Å². The average molecular weight is 645 g/mol. The third-order valence-corrected chi connectivity index (χ3v) is 15.3. The first kappa shape index (κ1) is 35.5. The monoisotopic (exact) mass is 644 g/mol. The third kappa shape index (κ3) is 5.39. The minimum absolute atomic E-state index is 0.0626. The fourth-order valence-corrected chi connectivity index (χ4v) is 13.1. The molecule has 0 unspecified atom stereocenters. The summed E-state index contributed by atoms with van der Waals surface area (Å²) in [6.07, 6.45) is 8.20. The maximum atomic E-state index is 16.1.